The molecule has 6 heteroatoms. The molecule has 0 radical (unpaired) electrons. The maximum atomic E-state index is 11.4. The average Bonchev–Trinajstić information content (AvgIpc) is 2.78. The number of aliphatic carboxylic acids is 1. The van der Waals surface area contributed by atoms with Crippen molar-refractivity contribution in [1.82, 2.24) is 10.6 Å². The molecule has 1 fully saturated rings. The molecule has 4 N–H and O–H groups in total. The third kappa shape index (κ3) is 3.80. The van der Waals surface area contributed by atoms with Gasteiger partial charge < -0.3 is 15.5 Å². The standard InChI is InChI=1S/C14H24N2O4/c1-5-9-6-10(14(19)20)16-11(9)12(15-8(4)17)13(18)7(2)3/h5,7,9-13,16,18H,1,6H2,2-4H3,(H,15,17)(H,19,20)/t9-,10?,11-,12?,13+/m1/s1. The lowest BCUT2D eigenvalue weighted by molar-refractivity contribution is -0.139. The van der Waals surface area contributed by atoms with Crippen LogP contribution in [0.4, 0.5) is 0 Å². The molecule has 2 unspecified atom stereocenters. The van der Waals surface area contributed by atoms with E-state index in [0.29, 0.717) is 6.42 Å². The zero-order valence-corrected chi connectivity index (χ0v) is 12.2. The van der Waals surface area contributed by atoms with Crippen LogP contribution in [0, 0.1) is 11.8 Å². The van der Waals surface area contributed by atoms with Gasteiger partial charge in [-0.05, 0) is 18.3 Å². The van der Waals surface area contributed by atoms with Crippen molar-refractivity contribution in [3.63, 3.8) is 0 Å². The third-order valence-electron chi connectivity index (χ3n) is 3.77. The Morgan fingerprint density at radius 2 is 2.05 bits per heavy atom. The van der Waals surface area contributed by atoms with E-state index in [1.54, 1.807) is 6.08 Å². The van der Waals surface area contributed by atoms with Gasteiger partial charge in [-0.1, -0.05) is 19.9 Å². The number of hydrogen-bond donors (Lipinski definition) is 4. The molecule has 114 valence electrons. The quantitative estimate of drug-likeness (QED) is 0.520. The minimum absolute atomic E-state index is 0.0528. The van der Waals surface area contributed by atoms with E-state index >= 15 is 0 Å². The molecule has 6 nitrogen and oxygen atoms in total. The Bertz CT molecular complexity index is 383. The van der Waals surface area contributed by atoms with Crippen LogP contribution >= 0.6 is 0 Å². The Labute approximate surface area is 119 Å². The number of carboxylic acids is 1. The maximum absolute atomic E-state index is 11.4. The lowest BCUT2D eigenvalue weighted by Gasteiger charge is -2.33. The van der Waals surface area contributed by atoms with Crippen molar-refractivity contribution < 1.29 is 19.8 Å². The van der Waals surface area contributed by atoms with E-state index in [-0.39, 0.29) is 23.8 Å². The van der Waals surface area contributed by atoms with Gasteiger partial charge in [-0.25, -0.2) is 0 Å². The monoisotopic (exact) mass is 284 g/mol. The minimum Gasteiger partial charge on any atom is -0.480 e. The predicted octanol–water partition coefficient (Wildman–Crippen LogP) is 0.125. The molecule has 1 aliphatic heterocycles. The van der Waals surface area contributed by atoms with Gasteiger partial charge >= 0.3 is 5.97 Å². The fraction of sp³-hybridized carbons (Fsp3) is 0.714. The molecule has 0 aliphatic carbocycles. The first kappa shape index (κ1) is 16.7. The number of amides is 1. The largest absolute Gasteiger partial charge is 0.480 e. The molecule has 1 amide bonds. The number of carbonyl (C=O) groups excluding carboxylic acids is 1. The lowest BCUT2D eigenvalue weighted by Crippen LogP contribution is -2.57. The smallest absolute Gasteiger partial charge is 0.320 e. The molecule has 0 aromatic heterocycles. The van der Waals surface area contributed by atoms with Crippen molar-refractivity contribution in [3.05, 3.63) is 12.7 Å². The van der Waals surface area contributed by atoms with Gasteiger partial charge in [0.25, 0.3) is 0 Å². The van der Waals surface area contributed by atoms with Gasteiger partial charge in [0.15, 0.2) is 0 Å². The number of rotatable bonds is 6. The molecule has 20 heavy (non-hydrogen) atoms. The second-order valence-corrected chi connectivity index (χ2v) is 5.68. The van der Waals surface area contributed by atoms with Crippen molar-refractivity contribution in [3.8, 4) is 0 Å². The summed E-state index contributed by atoms with van der Waals surface area (Å²) in [4.78, 5) is 22.5. The number of carboxylic acid groups (broad SMARTS) is 1. The highest BCUT2D eigenvalue weighted by molar-refractivity contribution is 5.75. The van der Waals surface area contributed by atoms with Gasteiger partial charge in [-0.3, -0.25) is 14.9 Å². The Morgan fingerprint density at radius 1 is 1.45 bits per heavy atom. The van der Waals surface area contributed by atoms with Gasteiger partial charge in [0, 0.05) is 13.0 Å². The average molecular weight is 284 g/mol. The fourth-order valence-electron chi connectivity index (χ4n) is 2.66. The van der Waals surface area contributed by atoms with Gasteiger partial charge in [0.1, 0.15) is 6.04 Å². The summed E-state index contributed by atoms with van der Waals surface area (Å²) in [7, 11) is 0. The van der Waals surface area contributed by atoms with E-state index in [9.17, 15) is 14.7 Å². The zero-order chi connectivity index (χ0) is 15.4. The van der Waals surface area contributed by atoms with Crippen LogP contribution in [0.15, 0.2) is 12.7 Å². The van der Waals surface area contributed by atoms with E-state index in [0.717, 1.165) is 0 Å². The lowest BCUT2D eigenvalue weighted by atomic mass is 9.87. The first-order valence-electron chi connectivity index (χ1n) is 6.84. The van der Waals surface area contributed by atoms with E-state index in [4.69, 9.17) is 5.11 Å². The second kappa shape index (κ2) is 6.85. The maximum Gasteiger partial charge on any atom is 0.320 e. The van der Waals surface area contributed by atoms with Gasteiger partial charge in [-0.15, -0.1) is 6.58 Å². The van der Waals surface area contributed by atoms with E-state index in [1.807, 2.05) is 13.8 Å². The summed E-state index contributed by atoms with van der Waals surface area (Å²) in [5.41, 5.74) is 0. The molecule has 1 aliphatic rings. The summed E-state index contributed by atoms with van der Waals surface area (Å²) in [5.74, 6) is -1.35. The first-order chi connectivity index (χ1) is 9.27. The topological polar surface area (TPSA) is 98.7 Å². The molecule has 1 saturated heterocycles. The summed E-state index contributed by atoms with van der Waals surface area (Å²) in [6.07, 6.45) is 1.33. The molecule has 1 heterocycles. The predicted molar refractivity (Wildman–Crippen MR) is 75.1 cm³/mol. The van der Waals surface area contributed by atoms with Crippen molar-refractivity contribution in [1.29, 1.82) is 0 Å². The minimum atomic E-state index is -0.931. The highest BCUT2D eigenvalue weighted by atomic mass is 16.4. The van der Waals surface area contributed by atoms with Crippen LogP contribution in [-0.2, 0) is 9.59 Å². The SMILES string of the molecule is C=C[C@@H]1CC(C(=O)O)N[C@H]1C(NC(C)=O)[C@@H](O)C(C)C. The summed E-state index contributed by atoms with van der Waals surface area (Å²) in [5, 5.41) is 25.1. The zero-order valence-electron chi connectivity index (χ0n) is 12.2. The highest BCUT2D eigenvalue weighted by Gasteiger charge is 2.43. The molecule has 0 spiro atoms. The van der Waals surface area contributed by atoms with Crippen molar-refractivity contribution in [2.75, 3.05) is 0 Å². The normalized spacial score (nSPS) is 28.9. The second-order valence-electron chi connectivity index (χ2n) is 5.68. The molecule has 1 rings (SSSR count). The summed E-state index contributed by atoms with van der Waals surface area (Å²) in [6, 6.07) is -1.56. The molecular weight excluding hydrogens is 260 g/mol. The molecule has 0 bridgehead atoms. The Hall–Kier alpha value is -1.40. The Morgan fingerprint density at radius 3 is 2.45 bits per heavy atom. The molecular formula is C14H24N2O4. The van der Waals surface area contributed by atoms with Crippen LogP contribution in [0.5, 0.6) is 0 Å². The van der Waals surface area contributed by atoms with Crippen LogP contribution < -0.4 is 10.6 Å². The van der Waals surface area contributed by atoms with E-state index in [2.05, 4.69) is 17.2 Å². The number of nitrogens with one attached hydrogen (secondary N) is 2. The van der Waals surface area contributed by atoms with Crippen LogP contribution in [-0.4, -0.2) is 46.3 Å². The van der Waals surface area contributed by atoms with Gasteiger partial charge in [0.05, 0.1) is 12.1 Å². The first-order valence-corrected chi connectivity index (χ1v) is 6.84. The number of aliphatic hydroxyl groups is 1. The van der Waals surface area contributed by atoms with Crippen molar-refractivity contribution in [2.24, 2.45) is 11.8 Å². The Kier molecular flexibility index (Phi) is 5.71. The fourth-order valence-corrected chi connectivity index (χ4v) is 2.66. The van der Waals surface area contributed by atoms with Crippen LogP contribution in [0.1, 0.15) is 27.2 Å². The number of aliphatic hydroxyl groups excluding tert-OH is 1. The van der Waals surface area contributed by atoms with Gasteiger partial charge in [0.2, 0.25) is 5.91 Å². The number of carbonyl (C=O) groups is 2. The Balaban J connectivity index is 2.96. The molecule has 0 aromatic rings. The van der Waals surface area contributed by atoms with Crippen LogP contribution in [0.2, 0.25) is 0 Å². The summed E-state index contributed by atoms with van der Waals surface area (Å²) >= 11 is 0. The van der Waals surface area contributed by atoms with E-state index < -0.39 is 24.2 Å². The van der Waals surface area contributed by atoms with Crippen LogP contribution in [0.3, 0.4) is 0 Å². The summed E-state index contributed by atoms with van der Waals surface area (Å²) < 4.78 is 0. The molecule has 0 aromatic carbocycles. The van der Waals surface area contributed by atoms with Gasteiger partial charge in [-0.2, -0.15) is 0 Å². The van der Waals surface area contributed by atoms with Crippen molar-refractivity contribution in [2.45, 2.75) is 51.4 Å². The molecule has 0 saturated carbocycles. The molecule has 5 atom stereocenters. The van der Waals surface area contributed by atoms with Crippen molar-refractivity contribution >= 4 is 11.9 Å². The highest BCUT2D eigenvalue weighted by Crippen LogP contribution is 2.27. The number of hydrogen-bond acceptors (Lipinski definition) is 4. The third-order valence-corrected chi connectivity index (χ3v) is 3.77. The van der Waals surface area contributed by atoms with Crippen LogP contribution in [0.25, 0.3) is 0 Å². The summed E-state index contributed by atoms with van der Waals surface area (Å²) in [6.45, 7) is 8.81. The van der Waals surface area contributed by atoms with E-state index in [1.165, 1.54) is 6.92 Å².